The Morgan fingerprint density at radius 2 is 1.77 bits per heavy atom. The fourth-order valence-electron chi connectivity index (χ4n) is 2.99. The van der Waals surface area contributed by atoms with Gasteiger partial charge in [-0.2, -0.15) is 0 Å². The van der Waals surface area contributed by atoms with E-state index in [0.29, 0.717) is 0 Å². The number of benzene rings is 2. The lowest BCUT2D eigenvalue weighted by Gasteiger charge is -2.10. The number of H-pyrrole nitrogens is 1. The van der Waals surface area contributed by atoms with Crippen LogP contribution in [0.4, 0.5) is 5.69 Å². The van der Waals surface area contributed by atoms with Crippen LogP contribution in [0.15, 0.2) is 83.8 Å². The molecule has 2 aromatic carbocycles. The molecule has 35 heavy (non-hydrogen) atoms. The Hall–Kier alpha value is -3.57. The molecule has 1 aliphatic rings. The van der Waals surface area contributed by atoms with E-state index in [9.17, 15) is 0 Å². The summed E-state index contributed by atoms with van der Waals surface area (Å²) in [4.78, 5) is 6.68. The lowest BCUT2D eigenvalue weighted by molar-refractivity contribution is 1.05. The highest BCUT2D eigenvalue weighted by Gasteiger charge is 2.04. The molecule has 0 fully saturated rings. The molecule has 0 radical (unpaired) electrons. The zero-order valence-corrected chi connectivity index (χ0v) is 22.4. The third kappa shape index (κ3) is 11.9. The Bertz CT molecular complexity index is 1090. The van der Waals surface area contributed by atoms with Gasteiger partial charge >= 0.3 is 0 Å². The lowest BCUT2D eigenvalue weighted by atomic mass is 9.96. The molecule has 0 aliphatic heterocycles. The Morgan fingerprint density at radius 3 is 2.26 bits per heavy atom. The normalized spacial score (nSPS) is 11.7. The van der Waals surface area contributed by atoms with Crippen LogP contribution >= 0.6 is 0 Å². The van der Waals surface area contributed by atoms with Crippen LogP contribution in [0.25, 0.3) is 16.5 Å². The van der Waals surface area contributed by atoms with Gasteiger partial charge in [0.2, 0.25) is 0 Å². The Morgan fingerprint density at radius 1 is 1.11 bits per heavy atom. The van der Waals surface area contributed by atoms with E-state index in [1.807, 2.05) is 39.1 Å². The number of hydrogen-bond acceptors (Lipinski definition) is 4. The minimum absolute atomic E-state index is 0.750. The highest BCUT2D eigenvalue weighted by atomic mass is 14.7. The summed E-state index contributed by atoms with van der Waals surface area (Å²) in [5.41, 5.74) is 23.7. The maximum atomic E-state index is 5.78. The molecule has 1 heterocycles. The monoisotopic (exact) mass is 475 g/mol. The first-order valence-corrected chi connectivity index (χ1v) is 12.2. The van der Waals surface area contributed by atoms with Gasteiger partial charge in [-0.05, 0) is 87.3 Å². The number of hydrogen-bond donors (Lipinski definition) is 4. The topological polar surface area (TPSA) is 106 Å². The molecule has 5 nitrogen and oxygen atoms in total. The van der Waals surface area contributed by atoms with Crippen molar-refractivity contribution in [2.75, 3.05) is 12.3 Å². The van der Waals surface area contributed by atoms with E-state index in [4.69, 9.17) is 17.2 Å². The smallest absolute Gasteiger partial charge is 0.0519 e. The van der Waals surface area contributed by atoms with Crippen molar-refractivity contribution in [3.8, 4) is 0 Å². The number of fused-ring (bicyclic) bond motifs is 1. The number of allylic oxidation sites excluding steroid dienone is 5. The van der Waals surface area contributed by atoms with Crippen molar-refractivity contribution in [2.24, 2.45) is 16.5 Å². The van der Waals surface area contributed by atoms with Crippen molar-refractivity contribution in [1.29, 1.82) is 0 Å². The standard InChI is InChI=1S/C13H15N.C9H9N.C4H8N2.C2H7N.C2H6/c1-10-9-12(7-8-13(10)14)11-5-3-2-4-6-11;1-7-6-10-9-5-3-2-4-8(7)9;1-4(3-5)6-2;1-2-3;1-2/h2-3,5,7-9H,4,6,14H2,1H3;2-6,10H,1H3;3H,2,5H2,1H3;2-3H2,1H3;1-2H3/b;;4-3-;;. The molecule has 4 rings (SSSR count). The van der Waals surface area contributed by atoms with Gasteiger partial charge in [0.05, 0.1) is 5.70 Å². The Labute approximate surface area is 212 Å². The highest BCUT2D eigenvalue weighted by Crippen LogP contribution is 2.25. The van der Waals surface area contributed by atoms with Crippen molar-refractivity contribution in [1.82, 2.24) is 4.98 Å². The van der Waals surface area contributed by atoms with Gasteiger partial charge in [-0.1, -0.05) is 63.3 Å². The lowest BCUT2D eigenvalue weighted by Crippen LogP contribution is -1.93. The largest absolute Gasteiger partial charge is 0.403 e. The zero-order valence-electron chi connectivity index (χ0n) is 22.4. The third-order valence-corrected chi connectivity index (χ3v) is 4.94. The van der Waals surface area contributed by atoms with E-state index in [1.54, 1.807) is 6.92 Å². The van der Waals surface area contributed by atoms with E-state index < -0.39 is 0 Å². The van der Waals surface area contributed by atoms with Gasteiger partial charge in [-0.15, -0.1) is 0 Å². The van der Waals surface area contributed by atoms with Gasteiger partial charge < -0.3 is 22.2 Å². The predicted molar refractivity (Wildman–Crippen MR) is 159 cm³/mol. The first kappa shape index (κ1) is 31.4. The maximum Gasteiger partial charge on any atom is 0.0519 e. The van der Waals surface area contributed by atoms with E-state index in [0.717, 1.165) is 36.3 Å². The van der Waals surface area contributed by atoms with Crippen LogP contribution in [-0.2, 0) is 0 Å². The quantitative estimate of drug-likeness (QED) is 0.231. The zero-order chi connectivity index (χ0) is 26.6. The van der Waals surface area contributed by atoms with Crippen LogP contribution in [0.3, 0.4) is 0 Å². The molecule has 5 heteroatoms. The molecule has 0 spiro atoms. The number of aromatic amines is 1. The second-order valence-corrected chi connectivity index (χ2v) is 7.62. The summed E-state index contributed by atoms with van der Waals surface area (Å²) >= 11 is 0. The summed E-state index contributed by atoms with van der Waals surface area (Å²) in [7, 11) is 0. The minimum atomic E-state index is 0.750. The van der Waals surface area contributed by atoms with Crippen molar-refractivity contribution in [3.05, 3.63) is 95.5 Å². The number of nitrogens with one attached hydrogen (secondary N) is 1. The van der Waals surface area contributed by atoms with Crippen LogP contribution in [0.1, 0.15) is 57.2 Å². The number of aromatic nitrogens is 1. The third-order valence-electron chi connectivity index (χ3n) is 4.94. The number of aryl methyl sites for hydroxylation is 2. The van der Waals surface area contributed by atoms with Crippen LogP contribution in [-0.4, -0.2) is 18.2 Å². The molecular weight excluding hydrogens is 430 g/mol. The van der Waals surface area contributed by atoms with Gasteiger partial charge in [0.15, 0.2) is 0 Å². The number of nitrogens with two attached hydrogens (primary N) is 3. The second-order valence-electron chi connectivity index (χ2n) is 7.62. The van der Waals surface area contributed by atoms with Crippen molar-refractivity contribution in [2.45, 2.75) is 54.4 Å². The molecule has 3 aromatic rings. The fourth-order valence-corrected chi connectivity index (χ4v) is 2.99. The average Bonchev–Trinajstić information content (AvgIpc) is 3.29. The molecule has 0 bridgehead atoms. The average molecular weight is 476 g/mol. The summed E-state index contributed by atoms with van der Waals surface area (Å²) in [5, 5.41) is 1.32. The Kier molecular flexibility index (Phi) is 16.9. The van der Waals surface area contributed by atoms with Crippen LogP contribution in [0, 0.1) is 13.8 Å². The van der Waals surface area contributed by atoms with Crippen molar-refractivity contribution >= 4 is 28.9 Å². The second kappa shape index (κ2) is 18.8. The fraction of sp³-hybridized carbons (Fsp3) is 0.300. The van der Waals surface area contributed by atoms with E-state index in [1.165, 1.54) is 33.8 Å². The number of rotatable bonds is 2. The predicted octanol–water partition coefficient (Wildman–Crippen LogP) is 7.29. The molecule has 7 N–H and O–H groups in total. The molecule has 1 aliphatic carbocycles. The first-order valence-electron chi connectivity index (χ1n) is 12.2. The number of aliphatic imine (C=N–C) groups is 1. The molecule has 1 aromatic heterocycles. The summed E-state index contributed by atoms with van der Waals surface area (Å²) in [6.07, 6.45) is 12.2. The molecule has 0 atom stereocenters. The first-order chi connectivity index (χ1) is 16.9. The van der Waals surface area contributed by atoms with Gasteiger partial charge in [0.25, 0.3) is 0 Å². The van der Waals surface area contributed by atoms with Gasteiger partial charge in [0.1, 0.15) is 0 Å². The van der Waals surface area contributed by atoms with Crippen molar-refractivity contribution in [3.63, 3.8) is 0 Å². The minimum Gasteiger partial charge on any atom is -0.403 e. The van der Waals surface area contributed by atoms with Crippen LogP contribution < -0.4 is 17.2 Å². The summed E-state index contributed by atoms with van der Waals surface area (Å²) in [6, 6.07) is 14.6. The van der Waals surface area contributed by atoms with Crippen LogP contribution in [0.2, 0.25) is 0 Å². The van der Waals surface area contributed by atoms with Crippen molar-refractivity contribution < 1.29 is 0 Å². The summed E-state index contributed by atoms with van der Waals surface area (Å²) < 4.78 is 0. The summed E-state index contributed by atoms with van der Waals surface area (Å²) in [6.45, 7) is 15.8. The Balaban J connectivity index is 0.000000483. The number of anilines is 1. The number of para-hydroxylation sites is 1. The molecule has 0 amide bonds. The highest BCUT2D eigenvalue weighted by molar-refractivity contribution is 5.82. The van der Waals surface area contributed by atoms with Crippen LogP contribution in [0.5, 0.6) is 0 Å². The van der Waals surface area contributed by atoms with Gasteiger partial charge in [-0.3, -0.25) is 4.99 Å². The molecule has 190 valence electrons. The maximum absolute atomic E-state index is 5.78. The molecule has 0 saturated heterocycles. The van der Waals surface area contributed by atoms with E-state index >= 15 is 0 Å². The molecular formula is C30H45N5. The number of nitrogen functional groups attached to an aromatic ring is 1. The van der Waals surface area contributed by atoms with Gasteiger partial charge in [-0.25, -0.2) is 0 Å². The SMILES string of the molecule is C=N/C(C)=C\N.CC.CCN.Cc1c[nH]c2ccccc12.Cc1cc(C2=CC=CCC2)ccc1N. The molecule has 0 unspecified atom stereocenters. The summed E-state index contributed by atoms with van der Waals surface area (Å²) in [5.74, 6) is 0. The van der Waals surface area contributed by atoms with E-state index in [-0.39, 0.29) is 0 Å². The van der Waals surface area contributed by atoms with E-state index in [2.05, 4.69) is 79.1 Å². The molecule has 0 saturated carbocycles. The van der Waals surface area contributed by atoms with Gasteiger partial charge in [0, 0.05) is 29.0 Å². The number of nitrogens with zero attached hydrogens (tertiary/aromatic N) is 1.